The van der Waals surface area contributed by atoms with Crippen LogP contribution in [-0.4, -0.2) is 22.9 Å². The van der Waals surface area contributed by atoms with Crippen LogP contribution in [0, 0.1) is 11.8 Å². The van der Waals surface area contributed by atoms with Crippen molar-refractivity contribution < 1.29 is 10.2 Å². The van der Waals surface area contributed by atoms with Gasteiger partial charge in [-0.1, -0.05) is 27.2 Å². The van der Waals surface area contributed by atoms with E-state index in [2.05, 4.69) is 0 Å². The van der Waals surface area contributed by atoms with Gasteiger partial charge in [-0.05, 0) is 12.3 Å². The van der Waals surface area contributed by atoms with Crippen LogP contribution in [0.15, 0.2) is 0 Å². The van der Waals surface area contributed by atoms with Crippen LogP contribution in [0.3, 0.4) is 0 Å². The van der Waals surface area contributed by atoms with Crippen molar-refractivity contribution in [3.63, 3.8) is 0 Å². The molecule has 2 heteroatoms. The van der Waals surface area contributed by atoms with E-state index in [1.807, 2.05) is 20.8 Å². The highest BCUT2D eigenvalue weighted by atomic mass is 16.3. The minimum Gasteiger partial charge on any atom is -0.396 e. The molecule has 0 bridgehead atoms. The van der Waals surface area contributed by atoms with E-state index in [0.29, 0.717) is 5.92 Å². The summed E-state index contributed by atoms with van der Waals surface area (Å²) in [4.78, 5) is 0. The number of hydrogen-bond donors (Lipinski definition) is 2. The largest absolute Gasteiger partial charge is 0.396 e. The molecular formula is C9H20O2. The first-order chi connectivity index (χ1) is 5.13. The van der Waals surface area contributed by atoms with Crippen LogP contribution in [0.5, 0.6) is 0 Å². The van der Waals surface area contributed by atoms with Crippen LogP contribution in [0.1, 0.15) is 33.6 Å². The Balaban J connectivity index is 3.81. The Kier molecular flexibility index (Phi) is 5.51. The quantitative estimate of drug-likeness (QED) is 0.638. The van der Waals surface area contributed by atoms with Gasteiger partial charge in [-0.15, -0.1) is 0 Å². The molecule has 2 N–H and O–H groups in total. The molecule has 0 aromatic carbocycles. The molecule has 0 aliphatic carbocycles. The van der Waals surface area contributed by atoms with Crippen molar-refractivity contribution in [2.45, 2.75) is 39.7 Å². The summed E-state index contributed by atoms with van der Waals surface area (Å²) >= 11 is 0. The van der Waals surface area contributed by atoms with Crippen molar-refractivity contribution in [3.8, 4) is 0 Å². The van der Waals surface area contributed by atoms with Gasteiger partial charge in [-0.3, -0.25) is 0 Å². The molecular weight excluding hydrogens is 140 g/mol. The van der Waals surface area contributed by atoms with E-state index < -0.39 is 0 Å². The molecule has 0 rings (SSSR count). The number of aliphatic hydroxyl groups is 2. The van der Waals surface area contributed by atoms with Crippen LogP contribution in [-0.2, 0) is 0 Å². The first-order valence-electron chi connectivity index (χ1n) is 4.42. The van der Waals surface area contributed by atoms with Gasteiger partial charge < -0.3 is 10.2 Å². The first-order valence-corrected chi connectivity index (χ1v) is 4.42. The van der Waals surface area contributed by atoms with Crippen molar-refractivity contribution in [2.75, 3.05) is 6.61 Å². The van der Waals surface area contributed by atoms with E-state index in [1.54, 1.807) is 0 Å². The van der Waals surface area contributed by atoms with Gasteiger partial charge in [0.25, 0.3) is 0 Å². The predicted octanol–water partition coefficient (Wildman–Crippen LogP) is 1.41. The lowest BCUT2D eigenvalue weighted by molar-refractivity contribution is 0.0357. The fraction of sp³-hybridized carbons (Fsp3) is 1.00. The van der Waals surface area contributed by atoms with Crippen LogP contribution < -0.4 is 0 Å². The maximum absolute atomic E-state index is 9.52. The summed E-state index contributed by atoms with van der Waals surface area (Å²) in [6, 6.07) is 0. The molecule has 0 spiro atoms. The molecule has 2 atom stereocenters. The highest BCUT2D eigenvalue weighted by Crippen LogP contribution is 2.17. The average molecular weight is 160 g/mol. The van der Waals surface area contributed by atoms with Gasteiger partial charge in [0.1, 0.15) is 0 Å². The predicted molar refractivity (Wildman–Crippen MR) is 46.3 cm³/mol. The first kappa shape index (κ1) is 10.9. The summed E-state index contributed by atoms with van der Waals surface area (Å²) in [5.74, 6) is 0.413. The third kappa shape index (κ3) is 3.73. The van der Waals surface area contributed by atoms with Crippen molar-refractivity contribution in [3.05, 3.63) is 0 Å². The Morgan fingerprint density at radius 2 is 1.82 bits per heavy atom. The van der Waals surface area contributed by atoms with Gasteiger partial charge in [-0.2, -0.15) is 0 Å². The van der Waals surface area contributed by atoms with Crippen LogP contribution >= 0.6 is 0 Å². The lowest BCUT2D eigenvalue weighted by Crippen LogP contribution is -2.28. The van der Waals surface area contributed by atoms with Crippen molar-refractivity contribution >= 4 is 0 Å². The second kappa shape index (κ2) is 5.56. The van der Waals surface area contributed by atoms with Crippen molar-refractivity contribution in [1.29, 1.82) is 0 Å². The number of rotatable bonds is 5. The monoisotopic (exact) mass is 160 g/mol. The van der Waals surface area contributed by atoms with Gasteiger partial charge >= 0.3 is 0 Å². The van der Waals surface area contributed by atoms with Gasteiger partial charge in [0, 0.05) is 12.5 Å². The fourth-order valence-electron chi connectivity index (χ4n) is 1.29. The minimum atomic E-state index is -0.329. The molecule has 11 heavy (non-hydrogen) atoms. The Hall–Kier alpha value is -0.0800. The minimum absolute atomic E-state index is 0.0509. The van der Waals surface area contributed by atoms with E-state index in [1.165, 1.54) is 0 Å². The molecule has 1 unspecified atom stereocenters. The second-order valence-corrected chi connectivity index (χ2v) is 3.45. The topological polar surface area (TPSA) is 40.5 Å². The van der Waals surface area contributed by atoms with E-state index in [0.717, 1.165) is 12.8 Å². The van der Waals surface area contributed by atoms with Crippen molar-refractivity contribution in [2.24, 2.45) is 11.8 Å². The molecule has 0 aromatic heterocycles. The van der Waals surface area contributed by atoms with Gasteiger partial charge in [0.2, 0.25) is 0 Å². The van der Waals surface area contributed by atoms with Gasteiger partial charge in [0.15, 0.2) is 0 Å². The highest BCUT2D eigenvalue weighted by Gasteiger charge is 2.20. The Labute approximate surface area is 69.2 Å². The molecule has 0 aliphatic rings. The third-order valence-corrected chi connectivity index (χ3v) is 2.15. The second-order valence-electron chi connectivity index (χ2n) is 3.45. The van der Waals surface area contributed by atoms with E-state index >= 15 is 0 Å². The summed E-state index contributed by atoms with van der Waals surface area (Å²) in [5, 5.41) is 18.5. The molecule has 0 saturated carbocycles. The highest BCUT2D eigenvalue weighted by molar-refractivity contribution is 4.70. The lowest BCUT2D eigenvalue weighted by Gasteiger charge is -2.23. The third-order valence-electron chi connectivity index (χ3n) is 2.15. The summed E-state index contributed by atoms with van der Waals surface area (Å²) in [7, 11) is 0. The lowest BCUT2D eigenvalue weighted by atomic mass is 9.89. The van der Waals surface area contributed by atoms with Gasteiger partial charge in [-0.25, -0.2) is 0 Å². The smallest absolute Gasteiger partial charge is 0.0592 e. The molecule has 0 aliphatic heterocycles. The summed E-state index contributed by atoms with van der Waals surface area (Å²) in [6.07, 6.45) is 1.44. The SMILES string of the molecule is CCCC(O)[C@H](CO)C(C)C. The Morgan fingerprint density at radius 3 is 2.09 bits per heavy atom. The van der Waals surface area contributed by atoms with Crippen LogP contribution in [0.2, 0.25) is 0 Å². The molecule has 0 amide bonds. The molecule has 0 aromatic rings. The maximum atomic E-state index is 9.52. The van der Waals surface area contributed by atoms with E-state index in [4.69, 9.17) is 5.11 Å². The summed E-state index contributed by atoms with van der Waals surface area (Å²) < 4.78 is 0. The Bertz CT molecular complexity index is 91.6. The van der Waals surface area contributed by atoms with Crippen molar-refractivity contribution in [1.82, 2.24) is 0 Å². The zero-order valence-corrected chi connectivity index (χ0v) is 7.75. The molecule has 2 nitrogen and oxygen atoms in total. The molecule has 0 radical (unpaired) electrons. The summed E-state index contributed by atoms with van der Waals surface area (Å²) in [5.41, 5.74) is 0. The number of aliphatic hydroxyl groups excluding tert-OH is 2. The summed E-state index contributed by atoms with van der Waals surface area (Å²) in [6.45, 7) is 6.19. The zero-order chi connectivity index (χ0) is 8.85. The normalized spacial score (nSPS) is 16.9. The van der Waals surface area contributed by atoms with Gasteiger partial charge in [0.05, 0.1) is 6.10 Å². The standard InChI is InChI=1S/C9H20O2/c1-4-5-9(11)8(6-10)7(2)3/h7-11H,4-6H2,1-3H3/t8-,9?/m1/s1. The maximum Gasteiger partial charge on any atom is 0.0592 e. The van der Waals surface area contributed by atoms with E-state index in [-0.39, 0.29) is 18.6 Å². The Morgan fingerprint density at radius 1 is 1.27 bits per heavy atom. The average Bonchev–Trinajstić information content (AvgIpc) is 1.88. The fourth-order valence-corrected chi connectivity index (χ4v) is 1.29. The van der Waals surface area contributed by atoms with E-state index in [9.17, 15) is 5.11 Å². The number of hydrogen-bond acceptors (Lipinski definition) is 2. The molecule has 0 fully saturated rings. The molecule has 0 heterocycles. The zero-order valence-electron chi connectivity index (χ0n) is 7.75. The van der Waals surface area contributed by atoms with Crippen LogP contribution in [0.25, 0.3) is 0 Å². The molecule has 68 valence electrons. The van der Waals surface area contributed by atoms with Crippen LogP contribution in [0.4, 0.5) is 0 Å². The molecule has 0 saturated heterocycles.